The van der Waals surface area contributed by atoms with E-state index in [1.54, 1.807) is 0 Å². The molecule has 0 unspecified atom stereocenters. The molecule has 2 N–H and O–H groups in total. The van der Waals surface area contributed by atoms with Crippen molar-refractivity contribution in [2.45, 2.75) is 0 Å². The molecule has 0 aliphatic rings. The van der Waals surface area contributed by atoms with Crippen LogP contribution in [0.1, 0.15) is 0 Å². The summed E-state index contributed by atoms with van der Waals surface area (Å²) in [6.07, 6.45) is 0. The van der Waals surface area contributed by atoms with Crippen LogP contribution in [0.5, 0.6) is 0 Å². The largest absolute Gasteiger partial charge is 0.412 e. The SMILES string of the molecule is Fc1ccc(Cl)cc1.Fc1ccc(Cl)cc1.O. The van der Waals surface area contributed by atoms with Crippen LogP contribution in [0.3, 0.4) is 0 Å². The molecule has 0 amide bonds. The van der Waals surface area contributed by atoms with E-state index >= 15 is 0 Å². The first-order valence-corrected chi connectivity index (χ1v) is 5.15. The van der Waals surface area contributed by atoms with Gasteiger partial charge in [-0.1, -0.05) is 23.2 Å². The molecule has 0 aliphatic carbocycles. The van der Waals surface area contributed by atoms with E-state index in [2.05, 4.69) is 0 Å². The molecule has 92 valence electrons. The molecule has 5 heteroatoms. The molecule has 0 saturated carbocycles. The molecule has 0 saturated heterocycles. The van der Waals surface area contributed by atoms with Crippen LogP contribution < -0.4 is 0 Å². The molecule has 0 aromatic heterocycles. The highest BCUT2D eigenvalue weighted by Crippen LogP contribution is 2.07. The first-order valence-electron chi connectivity index (χ1n) is 4.40. The van der Waals surface area contributed by atoms with Crippen LogP contribution in [-0.2, 0) is 0 Å². The van der Waals surface area contributed by atoms with E-state index < -0.39 is 0 Å². The summed E-state index contributed by atoms with van der Waals surface area (Å²) in [7, 11) is 0. The van der Waals surface area contributed by atoms with Crippen LogP contribution in [-0.4, -0.2) is 5.48 Å². The average Bonchev–Trinajstić information content (AvgIpc) is 2.28. The van der Waals surface area contributed by atoms with Crippen molar-refractivity contribution in [3.8, 4) is 0 Å². The first kappa shape index (κ1) is 15.8. The molecule has 0 aliphatic heterocycles. The Morgan fingerprint density at radius 3 is 1.00 bits per heavy atom. The molecular weight excluding hydrogens is 269 g/mol. The average molecular weight is 279 g/mol. The zero-order valence-electron chi connectivity index (χ0n) is 8.63. The normalized spacial score (nSPS) is 8.71. The minimum absolute atomic E-state index is 0. The van der Waals surface area contributed by atoms with Crippen molar-refractivity contribution in [2.24, 2.45) is 0 Å². The van der Waals surface area contributed by atoms with Gasteiger partial charge >= 0.3 is 0 Å². The van der Waals surface area contributed by atoms with E-state index in [9.17, 15) is 8.78 Å². The molecular formula is C12H10Cl2F2O. The third kappa shape index (κ3) is 6.89. The van der Waals surface area contributed by atoms with Gasteiger partial charge in [-0.3, -0.25) is 0 Å². The lowest BCUT2D eigenvalue weighted by Gasteiger charge is -1.84. The van der Waals surface area contributed by atoms with Crippen LogP contribution in [0, 0.1) is 11.6 Å². The lowest BCUT2D eigenvalue weighted by Crippen LogP contribution is -1.67. The standard InChI is InChI=1S/2C6H4ClF.H2O/c2*7-5-1-3-6(8)4-2-5;/h2*1-4H;1H2. The summed E-state index contributed by atoms with van der Waals surface area (Å²) in [4.78, 5) is 0. The van der Waals surface area contributed by atoms with E-state index in [0.717, 1.165) is 0 Å². The Labute approximate surface area is 108 Å². The van der Waals surface area contributed by atoms with Crippen molar-refractivity contribution in [3.05, 3.63) is 70.2 Å². The van der Waals surface area contributed by atoms with Gasteiger partial charge in [0, 0.05) is 10.0 Å². The fraction of sp³-hybridized carbons (Fsp3) is 0. The third-order valence-corrected chi connectivity index (χ3v) is 2.11. The quantitative estimate of drug-likeness (QED) is 0.694. The smallest absolute Gasteiger partial charge is 0.123 e. The van der Waals surface area contributed by atoms with E-state index in [1.165, 1.54) is 48.5 Å². The lowest BCUT2D eigenvalue weighted by atomic mass is 10.4. The van der Waals surface area contributed by atoms with Crippen molar-refractivity contribution in [3.63, 3.8) is 0 Å². The maximum absolute atomic E-state index is 12.0. The summed E-state index contributed by atoms with van der Waals surface area (Å²) in [6, 6.07) is 11.3. The molecule has 0 atom stereocenters. The Hall–Kier alpha value is -1.16. The Bertz CT molecular complexity index is 344. The second-order valence-electron chi connectivity index (χ2n) is 2.87. The van der Waals surface area contributed by atoms with Gasteiger partial charge in [0.05, 0.1) is 0 Å². The second kappa shape index (κ2) is 8.01. The van der Waals surface area contributed by atoms with Gasteiger partial charge in [-0.05, 0) is 48.5 Å². The highest BCUT2D eigenvalue weighted by molar-refractivity contribution is 6.30. The number of benzene rings is 2. The van der Waals surface area contributed by atoms with Crippen LogP contribution in [0.15, 0.2) is 48.5 Å². The van der Waals surface area contributed by atoms with Crippen molar-refractivity contribution >= 4 is 23.2 Å². The minimum atomic E-state index is -0.255. The topological polar surface area (TPSA) is 31.5 Å². The molecule has 0 radical (unpaired) electrons. The summed E-state index contributed by atoms with van der Waals surface area (Å²) in [5.41, 5.74) is 0. The maximum atomic E-state index is 12.0. The molecule has 17 heavy (non-hydrogen) atoms. The van der Waals surface area contributed by atoms with Crippen molar-refractivity contribution in [1.29, 1.82) is 0 Å². The fourth-order valence-corrected chi connectivity index (χ4v) is 1.11. The number of halogens is 4. The van der Waals surface area contributed by atoms with Gasteiger partial charge in [-0.25, -0.2) is 8.78 Å². The van der Waals surface area contributed by atoms with Crippen LogP contribution in [0.25, 0.3) is 0 Å². The van der Waals surface area contributed by atoms with Crippen molar-refractivity contribution < 1.29 is 14.3 Å². The zero-order chi connectivity index (χ0) is 12.0. The van der Waals surface area contributed by atoms with E-state index in [-0.39, 0.29) is 17.1 Å². The Kier molecular flexibility index (Phi) is 7.46. The van der Waals surface area contributed by atoms with Crippen LogP contribution in [0.2, 0.25) is 10.0 Å². The summed E-state index contributed by atoms with van der Waals surface area (Å²) >= 11 is 10.9. The Balaban J connectivity index is 0.000000284. The molecule has 2 aromatic rings. The third-order valence-electron chi connectivity index (χ3n) is 1.61. The molecule has 0 bridgehead atoms. The van der Waals surface area contributed by atoms with E-state index in [4.69, 9.17) is 23.2 Å². The zero-order valence-corrected chi connectivity index (χ0v) is 10.1. The van der Waals surface area contributed by atoms with Crippen molar-refractivity contribution in [2.75, 3.05) is 0 Å². The van der Waals surface area contributed by atoms with E-state index in [1.807, 2.05) is 0 Å². The van der Waals surface area contributed by atoms with Gasteiger partial charge in [-0.2, -0.15) is 0 Å². The summed E-state index contributed by atoms with van der Waals surface area (Å²) in [6.45, 7) is 0. The van der Waals surface area contributed by atoms with Gasteiger partial charge in [-0.15, -0.1) is 0 Å². The van der Waals surface area contributed by atoms with E-state index in [0.29, 0.717) is 10.0 Å². The van der Waals surface area contributed by atoms with Gasteiger partial charge in [0.1, 0.15) is 11.6 Å². The summed E-state index contributed by atoms with van der Waals surface area (Å²) < 4.78 is 24.1. The lowest BCUT2D eigenvalue weighted by molar-refractivity contribution is 0.627. The molecule has 2 rings (SSSR count). The molecule has 0 spiro atoms. The predicted octanol–water partition coefficient (Wildman–Crippen LogP) is 4.13. The monoisotopic (exact) mass is 278 g/mol. The minimum Gasteiger partial charge on any atom is -0.412 e. The van der Waals surface area contributed by atoms with Gasteiger partial charge in [0.15, 0.2) is 0 Å². The summed E-state index contributed by atoms with van der Waals surface area (Å²) in [5, 5.41) is 1.12. The summed E-state index contributed by atoms with van der Waals surface area (Å²) in [5.74, 6) is -0.510. The fourth-order valence-electron chi connectivity index (χ4n) is 0.859. The van der Waals surface area contributed by atoms with Crippen molar-refractivity contribution in [1.82, 2.24) is 0 Å². The van der Waals surface area contributed by atoms with Gasteiger partial charge in [0.2, 0.25) is 0 Å². The highest BCUT2D eigenvalue weighted by atomic mass is 35.5. The Morgan fingerprint density at radius 1 is 0.588 bits per heavy atom. The number of hydrogen-bond donors (Lipinski definition) is 0. The van der Waals surface area contributed by atoms with Crippen LogP contribution >= 0.6 is 23.2 Å². The number of rotatable bonds is 0. The highest BCUT2D eigenvalue weighted by Gasteiger charge is 1.86. The van der Waals surface area contributed by atoms with Crippen LogP contribution in [0.4, 0.5) is 8.78 Å². The molecule has 0 heterocycles. The number of hydrogen-bond acceptors (Lipinski definition) is 0. The predicted molar refractivity (Wildman–Crippen MR) is 66.4 cm³/mol. The molecule has 1 nitrogen and oxygen atoms in total. The molecule has 0 fully saturated rings. The van der Waals surface area contributed by atoms with Gasteiger partial charge < -0.3 is 5.48 Å². The molecule has 2 aromatic carbocycles. The maximum Gasteiger partial charge on any atom is 0.123 e. The Morgan fingerprint density at radius 2 is 0.824 bits per heavy atom. The van der Waals surface area contributed by atoms with Gasteiger partial charge in [0.25, 0.3) is 0 Å². The second-order valence-corrected chi connectivity index (χ2v) is 3.75. The first-order chi connectivity index (χ1) is 7.58.